The predicted octanol–water partition coefficient (Wildman–Crippen LogP) is 2.12. The highest BCUT2D eigenvalue weighted by atomic mass is 16.5. The summed E-state index contributed by atoms with van der Waals surface area (Å²) in [5.74, 6) is 0. The molecule has 4 heteroatoms. The Labute approximate surface area is 128 Å². The minimum atomic E-state index is 0.232. The first-order chi connectivity index (χ1) is 10.3. The Kier molecular flexibility index (Phi) is 7.00. The first-order valence-corrected chi connectivity index (χ1v) is 8.08. The van der Waals surface area contributed by atoms with Crippen molar-refractivity contribution in [2.75, 3.05) is 50.9 Å². The van der Waals surface area contributed by atoms with E-state index >= 15 is 0 Å². The number of hydrogen-bond acceptors (Lipinski definition) is 4. The summed E-state index contributed by atoms with van der Waals surface area (Å²) in [6, 6.07) is 8.83. The first-order valence-electron chi connectivity index (χ1n) is 8.08. The van der Waals surface area contributed by atoms with Gasteiger partial charge in [0.25, 0.3) is 0 Å². The molecular formula is C17H28N2O2. The van der Waals surface area contributed by atoms with Crippen molar-refractivity contribution >= 4 is 5.69 Å². The Bertz CT molecular complexity index is 388. The van der Waals surface area contributed by atoms with Crippen LogP contribution >= 0.6 is 0 Å². The van der Waals surface area contributed by atoms with Crippen LogP contribution in [0.4, 0.5) is 5.69 Å². The zero-order valence-corrected chi connectivity index (χ0v) is 13.1. The molecule has 0 atom stereocenters. The summed E-state index contributed by atoms with van der Waals surface area (Å²) >= 11 is 0. The van der Waals surface area contributed by atoms with Crippen molar-refractivity contribution in [2.24, 2.45) is 0 Å². The third-order valence-corrected chi connectivity index (χ3v) is 3.96. The number of rotatable bonds is 8. The molecular weight excluding hydrogens is 264 g/mol. The number of hydrogen-bond donors (Lipinski definition) is 1. The minimum Gasteiger partial charge on any atom is -0.395 e. The molecule has 1 saturated heterocycles. The van der Waals surface area contributed by atoms with E-state index in [0.29, 0.717) is 0 Å². The zero-order chi connectivity index (χ0) is 14.9. The molecule has 0 spiro atoms. The van der Waals surface area contributed by atoms with Crippen molar-refractivity contribution in [1.29, 1.82) is 0 Å². The zero-order valence-electron chi connectivity index (χ0n) is 13.1. The largest absolute Gasteiger partial charge is 0.395 e. The highest BCUT2D eigenvalue weighted by molar-refractivity contribution is 5.47. The Hall–Kier alpha value is -1.10. The monoisotopic (exact) mass is 292 g/mol. The van der Waals surface area contributed by atoms with E-state index in [9.17, 15) is 0 Å². The van der Waals surface area contributed by atoms with E-state index in [0.717, 1.165) is 45.9 Å². The van der Waals surface area contributed by atoms with Gasteiger partial charge in [0.2, 0.25) is 0 Å². The summed E-state index contributed by atoms with van der Waals surface area (Å²) in [5, 5.41) is 9.17. The van der Waals surface area contributed by atoms with Gasteiger partial charge in [-0.15, -0.1) is 0 Å². The molecule has 1 heterocycles. The van der Waals surface area contributed by atoms with Crippen LogP contribution in [0, 0.1) is 0 Å². The van der Waals surface area contributed by atoms with Crippen LogP contribution in [-0.2, 0) is 11.3 Å². The van der Waals surface area contributed by atoms with Crippen LogP contribution in [0.2, 0.25) is 0 Å². The third kappa shape index (κ3) is 5.30. The van der Waals surface area contributed by atoms with Gasteiger partial charge in [0.1, 0.15) is 0 Å². The van der Waals surface area contributed by atoms with Gasteiger partial charge in [-0.2, -0.15) is 0 Å². The van der Waals surface area contributed by atoms with Crippen molar-refractivity contribution < 1.29 is 9.84 Å². The molecule has 0 aliphatic carbocycles. The van der Waals surface area contributed by atoms with Gasteiger partial charge in [-0.3, -0.25) is 4.90 Å². The minimum absolute atomic E-state index is 0.232. The fourth-order valence-corrected chi connectivity index (χ4v) is 2.68. The average Bonchev–Trinajstić information content (AvgIpc) is 2.54. The maximum absolute atomic E-state index is 9.17. The van der Waals surface area contributed by atoms with Crippen LogP contribution in [0.1, 0.15) is 25.3 Å². The molecule has 4 nitrogen and oxygen atoms in total. The van der Waals surface area contributed by atoms with Gasteiger partial charge in [0, 0.05) is 31.9 Å². The first kappa shape index (κ1) is 16.3. The van der Waals surface area contributed by atoms with Crippen molar-refractivity contribution in [3.05, 3.63) is 29.8 Å². The SMILES string of the molecule is CCCCN(CCO)Cc1ccc(N2CCOCC2)cc1. The van der Waals surface area contributed by atoms with Gasteiger partial charge in [-0.1, -0.05) is 25.5 Å². The van der Waals surface area contributed by atoms with Gasteiger partial charge < -0.3 is 14.7 Å². The van der Waals surface area contributed by atoms with Gasteiger partial charge in [-0.05, 0) is 30.7 Å². The van der Waals surface area contributed by atoms with E-state index < -0.39 is 0 Å². The summed E-state index contributed by atoms with van der Waals surface area (Å²) < 4.78 is 5.39. The number of ether oxygens (including phenoxy) is 1. The van der Waals surface area contributed by atoms with Crippen molar-refractivity contribution in [3.8, 4) is 0 Å². The Balaban J connectivity index is 1.90. The molecule has 0 bridgehead atoms. The molecule has 1 aromatic rings. The quantitative estimate of drug-likeness (QED) is 0.796. The lowest BCUT2D eigenvalue weighted by Gasteiger charge is -2.29. The molecule has 1 fully saturated rings. The summed E-state index contributed by atoms with van der Waals surface area (Å²) in [7, 11) is 0. The molecule has 118 valence electrons. The van der Waals surface area contributed by atoms with E-state index in [1.165, 1.54) is 24.1 Å². The van der Waals surface area contributed by atoms with Crippen molar-refractivity contribution in [2.45, 2.75) is 26.3 Å². The number of unbranched alkanes of at least 4 members (excludes halogenated alkanes) is 1. The molecule has 1 aliphatic rings. The number of aliphatic hydroxyl groups excluding tert-OH is 1. The summed E-state index contributed by atoms with van der Waals surface area (Å²) in [6.45, 7) is 8.77. The molecule has 1 aromatic carbocycles. The predicted molar refractivity (Wildman–Crippen MR) is 86.7 cm³/mol. The number of aliphatic hydroxyl groups is 1. The second kappa shape index (κ2) is 9.03. The van der Waals surface area contributed by atoms with Gasteiger partial charge in [0.05, 0.1) is 19.8 Å². The topological polar surface area (TPSA) is 35.9 Å². The van der Waals surface area contributed by atoms with Crippen LogP contribution in [0.5, 0.6) is 0 Å². The second-order valence-electron chi connectivity index (χ2n) is 5.62. The lowest BCUT2D eigenvalue weighted by molar-refractivity contribution is 0.122. The van der Waals surface area contributed by atoms with Crippen molar-refractivity contribution in [3.63, 3.8) is 0 Å². The maximum atomic E-state index is 9.17. The molecule has 0 amide bonds. The van der Waals surface area contributed by atoms with Crippen LogP contribution in [0.25, 0.3) is 0 Å². The molecule has 21 heavy (non-hydrogen) atoms. The van der Waals surface area contributed by atoms with Crippen molar-refractivity contribution in [1.82, 2.24) is 4.90 Å². The van der Waals surface area contributed by atoms with Gasteiger partial charge in [-0.25, -0.2) is 0 Å². The van der Waals surface area contributed by atoms with E-state index in [4.69, 9.17) is 9.84 Å². The molecule has 0 aromatic heterocycles. The highest BCUT2D eigenvalue weighted by Gasteiger charge is 2.11. The van der Waals surface area contributed by atoms with Crippen LogP contribution in [0.15, 0.2) is 24.3 Å². The molecule has 1 aliphatic heterocycles. The lowest BCUT2D eigenvalue weighted by atomic mass is 10.1. The van der Waals surface area contributed by atoms with Gasteiger partial charge in [0.15, 0.2) is 0 Å². The van der Waals surface area contributed by atoms with E-state index in [1.807, 2.05) is 0 Å². The maximum Gasteiger partial charge on any atom is 0.0642 e. The summed E-state index contributed by atoms with van der Waals surface area (Å²) in [4.78, 5) is 4.70. The van der Waals surface area contributed by atoms with E-state index in [2.05, 4.69) is 41.0 Å². The number of nitrogens with zero attached hydrogens (tertiary/aromatic N) is 2. The Morgan fingerprint density at radius 2 is 1.86 bits per heavy atom. The third-order valence-electron chi connectivity index (χ3n) is 3.96. The smallest absolute Gasteiger partial charge is 0.0642 e. The highest BCUT2D eigenvalue weighted by Crippen LogP contribution is 2.17. The lowest BCUT2D eigenvalue weighted by Crippen LogP contribution is -2.36. The fraction of sp³-hybridized carbons (Fsp3) is 0.647. The Morgan fingerprint density at radius 3 is 2.48 bits per heavy atom. The number of anilines is 1. The summed E-state index contributed by atoms with van der Waals surface area (Å²) in [5.41, 5.74) is 2.60. The normalized spacial score (nSPS) is 15.7. The molecule has 0 radical (unpaired) electrons. The second-order valence-corrected chi connectivity index (χ2v) is 5.62. The van der Waals surface area contributed by atoms with E-state index in [-0.39, 0.29) is 6.61 Å². The Morgan fingerprint density at radius 1 is 1.14 bits per heavy atom. The standard InChI is InChI=1S/C17H28N2O2/c1-2-3-8-18(9-12-20)15-16-4-6-17(7-5-16)19-10-13-21-14-11-19/h4-7,20H,2-3,8-15H2,1H3. The summed E-state index contributed by atoms with van der Waals surface area (Å²) in [6.07, 6.45) is 2.38. The average molecular weight is 292 g/mol. The number of benzene rings is 1. The van der Waals surface area contributed by atoms with Gasteiger partial charge >= 0.3 is 0 Å². The van der Waals surface area contributed by atoms with Crippen LogP contribution in [0.3, 0.4) is 0 Å². The molecule has 2 rings (SSSR count). The molecule has 0 unspecified atom stereocenters. The van der Waals surface area contributed by atoms with Crippen LogP contribution in [-0.4, -0.2) is 56.0 Å². The van der Waals surface area contributed by atoms with Crippen LogP contribution < -0.4 is 4.90 Å². The molecule has 0 saturated carbocycles. The number of morpholine rings is 1. The van der Waals surface area contributed by atoms with E-state index in [1.54, 1.807) is 0 Å². The molecule has 1 N–H and O–H groups in total. The fourth-order valence-electron chi connectivity index (χ4n) is 2.68.